The molecule has 4 atom stereocenters. The molecule has 0 aromatic rings. The van der Waals surface area contributed by atoms with E-state index < -0.39 is 0 Å². The Morgan fingerprint density at radius 2 is 1.08 bits per heavy atom. The summed E-state index contributed by atoms with van der Waals surface area (Å²) in [6.07, 6.45) is 10.6. The number of hydrogen-bond acceptors (Lipinski definition) is 0. The summed E-state index contributed by atoms with van der Waals surface area (Å²) in [7, 11) is 0. The first-order chi connectivity index (χ1) is 6.29. The Hall–Kier alpha value is 0. The highest BCUT2D eigenvalue weighted by atomic mass is 14.4. The lowest BCUT2D eigenvalue weighted by molar-refractivity contribution is 0.148. The van der Waals surface area contributed by atoms with Gasteiger partial charge in [0.05, 0.1) is 0 Å². The van der Waals surface area contributed by atoms with Crippen molar-refractivity contribution >= 4 is 0 Å². The molecule has 0 aromatic heterocycles. The molecule has 0 amide bonds. The van der Waals surface area contributed by atoms with Gasteiger partial charge in [0, 0.05) is 0 Å². The van der Waals surface area contributed by atoms with Crippen LogP contribution in [0.3, 0.4) is 0 Å². The van der Waals surface area contributed by atoms with Crippen molar-refractivity contribution in [2.45, 2.75) is 58.8 Å². The van der Waals surface area contributed by atoms with Crippen molar-refractivity contribution in [3.05, 3.63) is 0 Å². The standard InChI is InChI=1S/C13H24/c1-10-6-3-4-8-12(10)13-9-5-7-11(13)2/h10-13H,3-9H2,1-2H3. The third-order valence-electron chi connectivity index (χ3n) is 4.66. The fourth-order valence-corrected chi connectivity index (χ4v) is 3.79. The highest BCUT2D eigenvalue weighted by molar-refractivity contribution is 4.85. The molecule has 0 bridgehead atoms. The van der Waals surface area contributed by atoms with Crippen molar-refractivity contribution in [1.82, 2.24) is 0 Å². The maximum absolute atomic E-state index is 2.49. The minimum Gasteiger partial charge on any atom is -0.0622 e. The third kappa shape index (κ3) is 1.92. The summed E-state index contributed by atoms with van der Waals surface area (Å²) in [5, 5.41) is 0. The normalized spacial score (nSPS) is 46.6. The molecule has 76 valence electrons. The summed E-state index contributed by atoms with van der Waals surface area (Å²) in [5.74, 6) is 4.24. The Morgan fingerprint density at radius 1 is 0.615 bits per heavy atom. The minimum absolute atomic E-state index is 1.03. The fraction of sp³-hybridized carbons (Fsp3) is 1.00. The zero-order valence-electron chi connectivity index (χ0n) is 9.26. The molecular weight excluding hydrogens is 156 g/mol. The van der Waals surface area contributed by atoms with Crippen LogP contribution in [-0.2, 0) is 0 Å². The van der Waals surface area contributed by atoms with Gasteiger partial charge in [-0.05, 0) is 36.5 Å². The van der Waals surface area contributed by atoms with E-state index in [1.54, 1.807) is 0 Å². The van der Waals surface area contributed by atoms with Crippen LogP contribution in [-0.4, -0.2) is 0 Å². The molecule has 0 saturated heterocycles. The second-order valence-corrected chi connectivity index (χ2v) is 5.50. The average Bonchev–Trinajstić information content (AvgIpc) is 2.52. The summed E-state index contributed by atoms with van der Waals surface area (Å²) in [4.78, 5) is 0. The van der Waals surface area contributed by atoms with E-state index >= 15 is 0 Å². The number of hydrogen-bond donors (Lipinski definition) is 0. The first-order valence-electron chi connectivity index (χ1n) is 6.29. The second-order valence-electron chi connectivity index (χ2n) is 5.50. The molecular formula is C13H24. The monoisotopic (exact) mass is 180 g/mol. The van der Waals surface area contributed by atoms with Crippen molar-refractivity contribution in [2.75, 3.05) is 0 Å². The highest BCUT2D eigenvalue weighted by Crippen LogP contribution is 2.44. The zero-order chi connectivity index (χ0) is 9.26. The smallest absolute Gasteiger partial charge is 0.0358 e. The molecule has 4 unspecified atom stereocenters. The largest absolute Gasteiger partial charge is 0.0622 e. The van der Waals surface area contributed by atoms with E-state index in [4.69, 9.17) is 0 Å². The Labute approximate surface area is 83.1 Å². The van der Waals surface area contributed by atoms with E-state index in [-0.39, 0.29) is 0 Å². The van der Waals surface area contributed by atoms with Crippen LogP contribution in [0.5, 0.6) is 0 Å². The van der Waals surface area contributed by atoms with E-state index in [1.807, 2.05) is 0 Å². The highest BCUT2D eigenvalue weighted by Gasteiger charge is 2.34. The molecule has 0 aromatic carbocycles. The van der Waals surface area contributed by atoms with E-state index in [2.05, 4.69) is 13.8 Å². The summed E-state index contributed by atoms with van der Waals surface area (Å²) in [6, 6.07) is 0. The van der Waals surface area contributed by atoms with E-state index in [9.17, 15) is 0 Å². The maximum Gasteiger partial charge on any atom is -0.0358 e. The first-order valence-corrected chi connectivity index (χ1v) is 6.29. The maximum atomic E-state index is 2.49. The SMILES string of the molecule is CC1CCCCC1C1CCCC1C. The van der Waals surface area contributed by atoms with Gasteiger partial charge in [0.25, 0.3) is 0 Å². The molecule has 0 N–H and O–H groups in total. The Balaban J connectivity index is 1.97. The van der Waals surface area contributed by atoms with Gasteiger partial charge >= 0.3 is 0 Å². The zero-order valence-corrected chi connectivity index (χ0v) is 9.26. The molecule has 0 spiro atoms. The van der Waals surface area contributed by atoms with Crippen LogP contribution in [0, 0.1) is 23.7 Å². The van der Waals surface area contributed by atoms with Gasteiger partial charge in [0.1, 0.15) is 0 Å². The van der Waals surface area contributed by atoms with Crippen molar-refractivity contribution < 1.29 is 0 Å². The Kier molecular flexibility index (Phi) is 2.96. The van der Waals surface area contributed by atoms with E-state index in [1.165, 1.54) is 44.9 Å². The van der Waals surface area contributed by atoms with Crippen molar-refractivity contribution in [2.24, 2.45) is 23.7 Å². The predicted octanol–water partition coefficient (Wildman–Crippen LogP) is 4.25. The molecule has 2 fully saturated rings. The van der Waals surface area contributed by atoms with Gasteiger partial charge in [-0.2, -0.15) is 0 Å². The molecule has 0 aliphatic heterocycles. The molecule has 2 aliphatic rings. The topological polar surface area (TPSA) is 0 Å². The fourth-order valence-electron chi connectivity index (χ4n) is 3.79. The molecule has 0 nitrogen and oxygen atoms in total. The quantitative estimate of drug-likeness (QED) is 0.566. The van der Waals surface area contributed by atoms with Crippen LogP contribution < -0.4 is 0 Å². The van der Waals surface area contributed by atoms with Crippen LogP contribution in [0.4, 0.5) is 0 Å². The molecule has 13 heavy (non-hydrogen) atoms. The van der Waals surface area contributed by atoms with Gasteiger partial charge in [-0.25, -0.2) is 0 Å². The summed E-state index contributed by atoms with van der Waals surface area (Å²) >= 11 is 0. The van der Waals surface area contributed by atoms with Crippen molar-refractivity contribution in [1.29, 1.82) is 0 Å². The van der Waals surface area contributed by atoms with Gasteiger partial charge in [-0.15, -0.1) is 0 Å². The lowest BCUT2D eigenvalue weighted by Gasteiger charge is -2.35. The average molecular weight is 180 g/mol. The van der Waals surface area contributed by atoms with Crippen LogP contribution in [0.2, 0.25) is 0 Å². The summed E-state index contributed by atoms with van der Waals surface area (Å²) < 4.78 is 0. The van der Waals surface area contributed by atoms with Crippen LogP contribution in [0.15, 0.2) is 0 Å². The van der Waals surface area contributed by atoms with Gasteiger partial charge in [0.2, 0.25) is 0 Å². The van der Waals surface area contributed by atoms with Gasteiger partial charge < -0.3 is 0 Å². The molecule has 2 rings (SSSR count). The molecule has 2 saturated carbocycles. The van der Waals surface area contributed by atoms with Crippen molar-refractivity contribution in [3.63, 3.8) is 0 Å². The Morgan fingerprint density at radius 3 is 1.54 bits per heavy atom. The van der Waals surface area contributed by atoms with E-state index in [0.717, 1.165) is 23.7 Å². The molecule has 0 radical (unpaired) electrons. The minimum atomic E-state index is 1.03. The lowest BCUT2D eigenvalue weighted by atomic mass is 9.70. The van der Waals surface area contributed by atoms with Crippen molar-refractivity contribution in [3.8, 4) is 0 Å². The third-order valence-corrected chi connectivity index (χ3v) is 4.66. The second kappa shape index (κ2) is 4.02. The summed E-state index contributed by atoms with van der Waals surface area (Å²) in [5.41, 5.74) is 0. The van der Waals surface area contributed by atoms with Crippen LogP contribution in [0.25, 0.3) is 0 Å². The first kappa shape index (κ1) is 9.55. The molecule has 2 aliphatic carbocycles. The predicted molar refractivity (Wildman–Crippen MR) is 57.6 cm³/mol. The molecule has 0 heterocycles. The van der Waals surface area contributed by atoms with Gasteiger partial charge in [0.15, 0.2) is 0 Å². The van der Waals surface area contributed by atoms with Crippen LogP contribution >= 0.6 is 0 Å². The Bertz CT molecular complexity index is 161. The van der Waals surface area contributed by atoms with Gasteiger partial charge in [-0.3, -0.25) is 0 Å². The summed E-state index contributed by atoms with van der Waals surface area (Å²) in [6.45, 7) is 4.98. The van der Waals surface area contributed by atoms with E-state index in [0.29, 0.717) is 0 Å². The molecule has 0 heteroatoms. The van der Waals surface area contributed by atoms with Crippen LogP contribution in [0.1, 0.15) is 58.8 Å². The van der Waals surface area contributed by atoms with Gasteiger partial charge in [-0.1, -0.05) is 46.0 Å². The number of rotatable bonds is 1. The lowest BCUT2D eigenvalue weighted by Crippen LogP contribution is -2.26.